The summed E-state index contributed by atoms with van der Waals surface area (Å²) in [4.78, 5) is 0. The van der Waals surface area contributed by atoms with E-state index >= 15 is 0 Å². The second-order valence-electron chi connectivity index (χ2n) is 5.46. The van der Waals surface area contributed by atoms with Crippen LogP contribution in [0.2, 0.25) is 0 Å². The van der Waals surface area contributed by atoms with Crippen molar-refractivity contribution in [2.24, 2.45) is 5.73 Å². The summed E-state index contributed by atoms with van der Waals surface area (Å²) in [5.41, 5.74) is 6.79. The third kappa shape index (κ3) is 6.25. The normalized spacial score (nSPS) is 13.2. The van der Waals surface area contributed by atoms with E-state index in [-0.39, 0.29) is 18.8 Å². The molecule has 0 unspecified atom stereocenters. The Labute approximate surface area is 147 Å². The lowest BCUT2D eigenvalue weighted by Gasteiger charge is -2.14. The van der Waals surface area contributed by atoms with Crippen molar-refractivity contribution in [3.63, 3.8) is 0 Å². The van der Waals surface area contributed by atoms with Crippen LogP contribution in [0.5, 0.6) is 0 Å². The van der Waals surface area contributed by atoms with Gasteiger partial charge in [-0.15, -0.1) is 12.4 Å². The van der Waals surface area contributed by atoms with E-state index in [1.807, 2.05) is 0 Å². The van der Waals surface area contributed by atoms with E-state index in [2.05, 4.69) is 0 Å². The fourth-order valence-corrected chi connectivity index (χ4v) is 2.26. The van der Waals surface area contributed by atoms with Crippen molar-refractivity contribution in [2.45, 2.75) is 31.2 Å². The Balaban J connectivity index is 0.00000312. The molecule has 0 fully saturated rings. The Morgan fingerprint density at radius 1 is 0.760 bits per heavy atom. The monoisotopic (exact) mass is 383 g/mol. The van der Waals surface area contributed by atoms with Gasteiger partial charge in [0.25, 0.3) is 0 Å². The van der Waals surface area contributed by atoms with Gasteiger partial charge < -0.3 is 5.73 Å². The first-order valence-electron chi connectivity index (χ1n) is 7.16. The number of alkyl halides is 6. The fourth-order valence-electron chi connectivity index (χ4n) is 2.26. The van der Waals surface area contributed by atoms with E-state index in [4.69, 9.17) is 5.73 Å². The zero-order valence-electron chi connectivity index (χ0n) is 12.9. The third-order valence-corrected chi connectivity index (χ3v) is 3.62. The highest BCUT2D eigenvalue weighted by Gasteiger charge is 2.30. The minimum absolute atomic E-state index is 0. The molecular weight excluding hydrogens is 368 g/mol. The van der Waals surface area contributed by atoms with E-state index in [0.717, 1.165) is 12.1 Å². The molecule has 2 N–H and O–H groups in total. The molecule has 1 nitrogen and oxygen atoms in total. The van der Waals surface area contributed by atoms with Crippen molar-refractivity contribution in [1.29, 1.82) is 0 Å². The molecular formula is C17H16ClF6N. The standard InChI is InChI=1S/C17H15F6N.ClH/c18-16(19,20)10-9-15(24)13-3-1-11(2-4-13)12-5-7-14(8-6-12)17(21,22)23;/h1-8,15H,9-10,24H2;1H/t15-;/m0./s1. The van der Waals surface area contributed by atoms with Crippen molar-refractivity contribution in [3.05, 3.63) is 59.7 Å². The molecule has 0 heterocycles. The molecule has 0 aliphatic rings. The molecule has 138 valence electrons. The van der Waals surface area contributed by atoms with Gasteiger partial charge in [0.2, 0.25) is 0 Å². The van der Waals surface area contributed by atoms with Gasteiger partial charge >= 0.3 is 12.4 Å². The molecule has 25 heavy (non-hydrogen) atoms. The summed E-state index contributed by atoms with van der Waals surface area (Å²) in [5, 5.41) is 0. The summed E-state index contributed by atoms with van der Waals surface area (Å²) in [6.45, 7) is 0. The maximum Gasteiger partial charge on any atom is 0.416 e. The topological polar surface area (TPSA) is 26.0 Å². The summed E-state index contributed by atoms with van der Waals surface area (Å²) in [6.07, 6.45) is -9.83. The molecule has 0 aromatic heterocycles. The van der Waals surface area contributed by atoms with Gasteiger partial charge in [-0.2, -0.15) is 26.3 Å². The zero-order chi connectivity index (χ0) is 18.0. The largest absolute Gasteiger partial charge is 0.416 e. The lowest BCUT2D eigenvalue weighted by Crippen LogP contribution is -2.15. The first-order chi connectivity index (χ1) is 11.1. The van der Waals surface area contributed by atoms with Crippen LogP contribution in [0.15, 0.2) is 48.5 Å². The summed E-state index contributed by atoms with van der Waals surface area (Å²) in [6, 6.07) is 10.4. The van der Waals surface area contributed by atoms with Gasteiger partial charge in [-0.1, -0.05) is 36.4 Å². The van der Waals surface area contributed by atoms with Crippen molar-refractivity contribution < 1.29 is 26.3 Å². The van der Waals surface area contributed by atoms with Crippen LogP contribution in [0, 0.1) is 0 Å². The molecule has 0 saturated carbocycles. The highest BCUT2D eigenvalue weighted by Crippen LogP contribution is 2.31. The van der Waals surface area contributed by atoms with Gasteiger partial charge in [-0.25, -0.2) is 0 Å². The maximum atomic E-state index is 12.5. The smallest absolute Gasteiger partial charge is 0.324 e. The number of rotatable bonds is 4. The van der Waals surface area contributed by atoms with Gasteiger partial charge in [-0.3, -0.25) is 0 Å². The number of hydrogen-bond acceptors (Lipinski definition) is 1. The lowest BCUT2D eigenvalue weighted by atomic mass is 9.98. The summed E-state index contributed by atoms with van der Waals surface area (Å²) >= 11 is 0. The molecule has 1 atom stereocenters. The highest BCUT2D eigenvalue weighted by molar-refractivity contribution is 5.85. The second kappa shape index (κ2) is 8.10. The molecule has 0 aliphatic carbocycles. The first kappa shape index (κ1) is 21.3. The van der Waals surface area contributed by atoms with Crippen LogP contribution in [0.25, 0.3) is 11.1 Å². The van der Waals surface area contributed by atoms with Gasteiger partial charge in [0.05, 0.1) is 5.56 Å². The minimum Gasteiger partial charge on any atom is -0.324 e. The summed E-state index contributed by atoms with van der Waals surface area (Å²) in [7, 11) is 0. The van der Waals surface area contributed by atoms with Gasteiger partial charge in [0, 0.05) is 12.5 Å². The van der Waals surface area contributed by atoms with E-state index in [1.54, 1.807) is 24.3 Å². The van der Waals surface area contributed by atoms with Gasteiger partial charge in [-0.05, 0) is 35.2 Å². The van der Waals surface area contributed by atoms with Crippen molar-refractivity contribution >= 4 is 12.4 Å². The molecule has 0 saturated heterocycles. The average Bonchev–Trinajstić information content (AvgIpc) is 2.51. The second-order valence-corrected chi connectivity index (χ2v) is 5.46. The van der Waals surface area contributed by atoms with Crippen molar-refractivity contribution in [3.8, 4) is 11.1 Å². The summed E-state index contributed by atoms with van der Waals surface area (Å²) in [5.74, 6) is 0. The lowest BCUT2D eigenvalue weighted by molar-refractivity contribution is -0.138. The quantitative estimate of drug-likeness (QED) is 0.631. The van der Waals surface area contributed by atoms with E-state index in [9.17, 15) is 26.3 Å². The van der Waals surface area contributed by atoms with Crippen LogP contribution in [0.3, 0.4) is 0 Å². The van der Waals surface area contributed by atoms with Crippen LogP contribution in [0.1, 0.15) is 30.0 Å². The highest BCUT2D eigenvalue weighted by atomic mass is 35.5. The van der Waals surface area contributed by atoms with Crippen LogP contribution in [-0.2, 0) is 6.18 Å². The SMILES string of the molecule is Cl.N[C@@H](CCC(F)(F)F)c1ccc(-c2ccc(C(F)(F)F)cc2)cc1. The molecule has 0 radical (unpaired) electrons. The average molecular weight is 384 g/mol. The van der Waals surface area contributed by atoms with Crippen LogP contribution >= 0.6 is 12.4 Å². The number of nitrogens with two attached hydrogens (primary N) is 1. The van der Waals surface area contributed by atoms with Crippen molar-refractivity contribution in [2.75, 3.05) is 0 Å². The molecule has 8 heteroatoms. The van der Waals surface area contributed by atoms with Gasteiger partial charge in [0.15, 0.2) is 0 Å². The Morgan fingerprint density at radius 2 is 1.20 bits per heavy atom. The molecule has 2 aromatic rings. The molecule has 2 aromatic carbocycles. The molecule has 0 bridgehead atoms. The Kier molecular flexibility index (Phi) is 6.90. The predicted molar refractivity (Wildman–Crippen MR) is 86.3 cm³/mol. The van der Waals surface area contributed by atoms with Crippen LogP contribution < -0.4 is 5.73 Å². The summed E-state index contributed by atoms with van der Waals surface area (Å²) < 4.78 is 74.2. The van der Waals surface area contributed by atoms with E-state index < -0.39 is 30.4 Å². The molecule has 0 aliphatic heterocycles. The van der Waals surface area contributed by atoms with Crippen molar-refractivity contribution in [1.82, 2.24) is 0 Å². The Morgan fingerprint density at radius 3 is 1.60 bits per heavy atom. The fraction of sp³-hybridized carbons (Fsp3) is 0.294. The molecule has 0 amide bonds. The van der Waals surface area contributed by atoms with Crippen LogP contribution in [-0.4, -0.2) is 6.18 Å². The van der Waals surface area contributed by atoms with Gasteiger partial charge in [0.1, 0.15) is 0 Å². The third-order valence-electron chi connectivity index (χ3n) is 3.62. The molecule has 2 rings (SSSR count). The zero-order valence-corrected chi connectivity index (χ0v) is 13.7. The number of benzene rings is 2. The first-order valence-corrected chi connectivity index (χ1v) is 7.16. The molecule has 0 spiro atoms. The number of hydrogen-bond donors (Lipinski definition) is 1. The maximum absolute atomic E-state index is 12.5. The Hall–Kier alpha value is -1.73. The van der Waals surface area contributed by atoms with E-state index in [0.29, 0.717) is 16.7 Å². The predicted octanol–water partition coefficient (Wildman–Crippen LogP) is 6.14. The van der Waals surface area contributed by atoms with E-state index in [1.165, 1.54) is 12.1 Å². The number of halogens is 7. The van der Waals surface area contributed by atoms with Crippen LogP contribution in [0.4, 0.5) is 26.3 Å². The Bertz CT molecular complexity index is 662. The minimum atomic E-state index is -4.40.